The zero-order chi connectivity index (χ0) is 14.9. The van der Waals surface area contributed by atoms with E-state index < -0.39 is 10.0 Å². The van der Waals surface area contributed by atoms with Gasteiger partial charge in [0.25, 0.3) is 0 Å². The van der Waals surface area contributed by atoms with E-state index in [1.165, 1.54) is 43.4 Å². The molecule has 1 aromatic rings. The molecule has 1 aliphatic heterocycles. The number of rotatable bonds is 3. The summed E-state index contributed by atoms with van der Waals surface area (Å²) in [5, 5.41) is 11.0. The van der Waals surface area contributed by atoms with Crippen molar-refractivity contribution in [1.29, 1.82) is 0 Å². The van der Waals surface area contributed by atoms with Crippen molar-refractivity contribution in [3.63, 3.8) is 0 Å². The third-order valence-corrected chi connectivity index (χ3v) is 8.18. The van der Waals surface area contributed by atoms with E-state index in [9.17, 15) is 13.5 Å². The van der Waals surface area contributed by atoms with Crippen LogP contribution in [-0.2, 0) is 16.6 Å². The Hall–Kier alpha value is -0.430. The molecule has 2 heterocycles. The first-order valence-corrected chi connectivity index (χ1v) is 10.1. The average Bonchev–Trinajstić information content (AvgIpc) is 2.98. The minimum Gasteiger partial charge on any atom is -0.391 e. The van der Waals surface area contributed by atoms with Crippen LogP contribution in [0.15, 0.2) is 16.3 Å². The highest BCUT2D eigenvalue weighted by molar-refractivity contribution is 7.89. The molecule has 1 aliphatic carbocycles. The summed E-state index contributed by atoms with van der Waals surface area (Å²) in [6.45, 7) is 1.05. The highest BCUT2D eigenvalue weighted by Gasteiger charge is 2.39. The van der Waals surface area contributed by atoms with Crippen molar-refractivity contribution in [3.05, 3.63) is 16.3 Å². The van der Waals surface area contributed by atoms with Gasteiger partial charge in [0.05, 0.1) is 11.5 Å². The maximum Gasteiger partial charge on any atom is 0.244 e. The second-order valence-electron chi connectivity index (χ2n) is 6.33. The number of hydrogen-bond donors (Lipinski definition) is 1. The molecule has 118 valence electrons. The SMILES string of the molecule is O=S(=O)(c1ccsc1CO)N1CCC2(CCCCC2)CC1. The van der Waals surface area contributed by atoms with E-state index in [-0.39, 0.29) is 6.61 Å². The fourth-order valence-corrected chi connectivity index (χ4v) is 6.52. The quantitative estimate of drug-likeness (QED) is 0.927. The van der Waals surface area contributed by atoms with Crippen LogP contribution in [0.1, 0.15) is 49.8 Å². The van der Waals surface area contributed by atoms with Gasteiger partial charge in [0.1, 0.15) is 0 Å². The Labute approximate surface area is 130 Å². The number of nitrogens with zero attached hydrogens (tertiary/aromatic N) is 1. The van der Waals surface area contributed by atoms with Gasteiger partial charge in [-0.1, -0.05) is 19.3 Å². The fraction of sp³-hybridized carbons (Fsp3) is 0.733. The van der Waals surface area contributed by atoms with Gasteiger partial charge in [-0.25, -0.2) is 8.42 Å². The van der Waals surface area contributed by atoms with Crippen LogP contribution in [0.4, 0.5) is 0 Å². The molecule has 0 bridgehead atoms. The van der Waals surface area contributed by atoms with Crippen molar-refractivity contribution < 1.29 is 13.5 Å². The van der Waals surface area contributed by atoms with Gasteiger partial charge >= 0.3 is 0 Å². The maximum atomic E-state index is 12.7. The normalized spacial score (nSPS) is 23.5. The second kappa shape index (κ2) is 5.99. The molecule has 0 atom stereocenters. The molecule has 6 heteroatoms. The molecule has 4 nitrogen and oxygen atoms in total. The van der Waals surface area contributed by atoms with Crippen LogP contribution in [0.2, 0.25) is 0 Å². The summed E-state index contributed by atoms with van der Waals surface area (Å²) in [5.41, 5.74) is 0.402. The fourth-order valence-electron chi connectivity index (χ4n) is 3.82. The molecule has 1 aromatic heterocycles. The number of aliphatic hydroxyl groups excluding tert-OH is 1. The molecule has 2 aliphatic rings. The lowest BCUT2D eigenvalue weighted by Gasteiger charge is -2.43. The molecular weight excluding hydrogens is 306 g/mol. The van der Waals surface area contributed by atoms with E-state index in [0.29, 0.717) is 28.3 Å². The first-order chi connectivity index (χ1) is 10.1. The summed E-state index contributed by atoms with van der Waals surface area (Å²) in [5.74, 6) is 0. The van der Waals surface area contributed by atoms with Gasteiger partial charge in [-0.2, -0.15) is 4.31 Å². The molecule has 2 fully saturated rings. The maximum absolute atomic E-state index is 12.7. The van der Waals surface area contributed by atoms with Crippen LogP contribution >= 0.6 is 11.3 Å². The first kappa shape index (κ1) is 15.5. The highest BCUT2D eigenvalue weighted by Crippen LogP contribution is 2.45. The van der Waals surface area contributed by atoms with E-state index in [2.05, 4.69) is 0 Å². The van der Waals surface area contributed by atoms with Crippen LogP contribution in [0, 0.1) is 5.41 Å². The summed E-state index contributed by atoms with van der Waals surface area (Å²) in [4.78, 5) is 0.850. The van der Waals surface area contributed by atoms with Crippen molar-refractivity contribution in [2.24, 2.45) is 5.41 Å². The number of aliphatic hydroxyl groups is 1. The van der Waals surface area contributed by atoms with Crippen molar-refractivity contribution in [3.8, 4) is 0 Å². The molecule has 0 aromatic carbocycles. The molecule has 1 saturated heterocycles. The Morgan fingerprint density at radius 1 is 1.14 bits per heavy atom. The van der Waals surface area contributed by atoms with Crippen LogP contribution in [0.25, 0.3) is 0 Å². The Kier molecular flexibility index (Phi) is 4.41. The van der Waals surface area contributed by atoms with E-state index >= 15 is 0 Å². The molecule has 1 spiro atoms. The molecule has 1 N–H and O–H groups in total. The highest BCUT2D eigenvalue weighted by atomic mass is 32.2. The van der Waals surface area contributed by atoms with Crippen molar-refractivity contribution in [1.82, 2.24) is 4.31 Å². The van der Waals surface area contributed by atoms with Crippen LogP contribution in [0.5, 0.6) is 0 Å². The van der Waals surface area contributed by atoms with E-state index in [1.54, 1.807) is 15.8 Å². The summed E-state index contributed by atoms with van der Waals surface area (Å²) in [6, 6.07) is 1.62. The molecule has 0 radical (unpaired) electrons. The van der Waals surface area contributed by atoms with Crippen LogP contribution < -0.4 is 0 Å². The third-order valence-electron chi connectivity index (χ3n) is 5.16. The smallest absolute Gasteiger partial charge is 0.244 e. The van der Waals surface area contributed by atoms with Crippen molar-refractivity contribution >= 4 is 21.4 Å². The third kappa shape index (κ3) is 2.91. The second-order valence-corrected chi connectivity index (χ2v) is 9.24. The molecule has 1 saturated carbocycles. The van der Waals surface area contributed by atoms with E-state index in [1.807, 2.05) is 0 Å². The van der Waals surface area contributed by atoms with Gasteiger partial charge in [-0.3, -0.25) is 0 Å². The minimum absolute atomic E-state index is 0.204. The lowest BCUT2D eigenvalue weighted by atomic mass is 9.68. The zero-order valence-electron chi connectivity index (χ0n) is 12.3. The van der Waals surface area contributed by atoms with Gasteiger partial charge in [0, 0.05) is 18.0 Å². The Balaban J connectivity index is 1.74. The Morgan fingerprint density at radius 2 is 1.81 bits per heavy atom. The Morgan fingerprint density at radius 3 is 2.43 bits per heavy atom. The molecular formula is C15H23NO3S2. The summed E-state index contributed by atoms with van der Waals surface area (Å²) < 4.78 is 27.1. The topological polar surface area (TPSA) is 57.6 Å². The van der Waals surface area contributed by atoms with E-state index in [0.717, 1.165) is 12.8 Å². The van der Waals surface area contributed by atoms with Gasteiger partial charge in [0.15, 0.2) is 0 Å². The van der Waals surface area contributed by atoms with Crippen molar-refractivity contribution in [2.45, 2.75) is 56.4 Å². The standard InChI is InChI=1S/C15H23NO3S2/c17-12-13-14(4-11-20-13)21(18,19)16-9-7-15(8-10-16)5-2-1-3-6-15/h4,11,17H,1-3,5-10,12H2. The predicted octanol–water partition coefficient (Wildman–Crippen LogP) is 2.98. The number of hydrogen-bond acceptors (Lipinski definition) is 4. The van der Waals surface area contributed by atoms with Gasteiger partial charge in [-0.15, -0.1) is 11.3 Å². The van der Waals surface area contributed by atoms with E-state index in [4.69, 9.17) is 0 Å². The van der Waals surface area contributed by atoms with Gasteiger partial charge in [0.2, 0.25) is 10.0 Å². The van der Waals surface area contributed by atoms with Crippen LogP contribution in [-0.4, -0.2) is 30.9 Å². The molecule has 3 rings (SSSR count). The largest absolute Gasteiger partial charge is 0.391 e. The van der Waals surface area contributed by atoms with Gasteiger partial charge in [-0.05, 0) is 42.5 Å². The van der Waals surface area contributed by atoms with Gasteiger partial charge < -0.3 is 5.11 Å². The monoisotopic (exact) mass is 329 g/mol. The summed E-state index contributed by atoms with van der Waals surface area (Å²) in [6.07, 6.45) is 8.44. The predicted molar refractivity (Wildman–Crippen MR) is 83.8 cm³/mol. The molecule has 0 amide bonds. The average molecular weight is 329 g/mol. The van der Waals surface area contributed by atoms with Crippen LogP contribution in [0.3, 0.4) is 0 Å². The summed E-state index contributed by atoms with van der Waals surface area (Å²) >= 11 is 1.31. The number of thiophene rings is 1. The minimum atomic E-state index is -3.43. The zero-order valence-corrected chi connectivity index (χ0v) is 13.9. The lowest BCUT2D eigenvalue weighted by Crippen LogP contribution is -2.43. The summed E-state index contributed by atoms with van der Waals surface area (Å²) in [7, 11) is -3.43. The Bertz CT molecular complexity index is 578. The molecule has 21 heavy (non-hydrogen) atoms. The number of piperidine rings is 1. The molecule has 0 unspecified atom stereocenters. The van der Waals surface area contributed by atoms with Crippen molar-refractivity contribution in [2.75, 3.05) is 13.1 Å². The first-order valence-electron chi connectivity index (χ1n) is 7.75. The lowest BCUT2D eigenvalue weighted by molar-refractivity contribution is 0.102. The number of sulfonamides is 1.